The number of aromatic nitrogens is 5. The molecule has 1 aliphatic rings. The van der Waals surface area contributed by atoms with E-state index in [-0.39, 0.29) is 5.95 Å². The first-order valence-electron chi connectivity index (χ1n) is 7.07. The first-order valence-corrected chi connectivity index (χ1v) is 7.07. The number of rotatable bonds is 5. The van der Waals surface area contributed by atoms with Crippen LogP contribution in [0, 0.1) is 0 Å². The Morgan fingerprint density at radius 2 is 2.05 bits per heavy atom. The van der Waals surface area contributed by atoms with Crippen molar-refractivity contribution in [3.05, 3.63) is 12.2 Å². The Bertz CT molecular complexity index is 567. The number of piperidine rings is 1. The number of anilines is 3. The summed E-state index contributed by atoms with van der Waals surface area (Å²) in [6, 6.07) is 0. The van der Waals surface area contributed by atoms with Crippen molar-refractivity contribution in [1.82, 2.24) is 25.1 Å². The summed E-state index contributed by atoms with van der Waals surface area (Å²) in [6.07, 6.45) is 5.55. The van der Waals surface area contributed by atoms with Crippen molar-refractivity contribution in [3.63, 3.8) is 0 Å². The molecule has 112 valence electrons. The Balaban J connectivity index is 1.63. The van der Waals surface area contributed by atoms with Gasteiger partial charge in [-0.2, -0.15) is 19.9 Å². The van der Waals surface area contributed by atoms with Gasteiger partial charge in [0.05, 0.1) is 0 Å². The number of nitrogens with one attached hydrogen (secondary N) is 1. The quantitative estimate of drug-likeness (QED) is 0.810. The lowest BCUT2D eigenvalue weighted by Gasteiger charge is -2.26. The van der Waals surface area contributed by atoms with E-state index >= 15 is 0 Å². The smallest absolute Gasteiger partial charge is 0.231 e. The van der Waals surface area contributed by atoms with Crippen LogP contribution in [0.5, 0.6) is 0 Å². The zero-order chi connectivity index (χ0) is 14.5. The van der Waals surface area contributed by atoms with Crippen molar-refractivity contribution < 1.29 is 4.52 Å². The van der Waals surface area contributed by atoms with Gasteiger partial charge in [-0.3, -0.25) is 0 Å². The van der Waals surface area contributed by atoms with E-state index in [1.165, 1.54) is 12.7 Å². The molecule has 2 aromatic rings. The van der Waals surface area contributed by atoms with Crippen LogP contribution in [0.15, 0.2) is 10.9 Å². The molecule has 3 rings (SSSR count). The lowest BCUT2D eigenvalue weighted by Crippen LogP contribution is -2.31. The van der Waals surface area contributed by atoms with E-state index < -0.39 is 0 Å². The zero-order valence-corrected chi connectivity index (χ0v) is 11.7. The third-order valence-corrected chi connectivity index (χ3v) is 3.31. The number of nitrogen functional groups attached to an aromatic ring is 1. The van der Waals surface area contributed by atoms with Gasteiger partial charge in [-0.15, -0.1) is 0 Å². The molecule has 0 amide bonds. The molecule has 0 atom stereocenters. The maximum Gasteiger partial charge on any atom is 0.231 e. The summed E-state index contributed by atoms with van der Waals surface area (Å²) in [7, 11) is 0. The van der Waals surface area contributed by atoms with Crippen molar-refractivity contribution >= 4 is 17.8 Å². The molecule has 0 radical (unpaired) electrons. The Kier molecular flexibility index (Phi) is 4.08. The molecule has 0 saturated carbocycles. The van der Waals surface area contributed by atoms with Crippen LogP contribution >= 0.6 is 0 Å². The van der Waals surface area contributed by atoms with E-state index in [4.69, 9.17) is 10.3 Å². The standard InChI is InChI=1S/C12H18N8O/c13-10-17-11(14-5-4-9-15-8-16-21-9)19-12(18-10)20-6-2-1-3-7-20/h8H,1-7H2,(H3,13,14,17,18,19). The van der Waals surface area contributed by atoms with Gasteiger partial charge in [0.1, 0.15) is 0 Å². The third-order valence-electron chi connectivity index (χ3n) is 3.31. The summed E-state index contributed by atoms with van der Waals surface area (Å²) in [6.45, 7) is 2.51. The monoisotopic (exact) mass is 290 g/mol. The Morgan fingerprint density at radius 1 is 1.19 bits per heavy atom. The van der Waals surface area contributed by atoms with Crippen molar-refractivity contribution in [2.45, 2.75) is 25.7 Å². The van der Waals surface area contributed by atoms with Gasteiger partial charge in [0, 0.05) is 26.1 Å². The fourth-order valence-corrected chi connectivity index (χ4v) is 2.28. The normalized spacial score (nSPS) is 15.1. The molecule has 3 heterocycles. The predicted octanol–water partition coefficient (Wildman–Crippen LogP) is 0.482. The summed E-state index contributed by atoms with van der Waals surface area (Å²) in [4.78, 5) is 18.8. The molecule has 0 spiro atoms. The van der Waals surface area contributed by atoms with Gasteiger partial charge in [0.2, 0.25) is 23.7 Å². The highest BCUT2D eigenvalue weighted by Crippen LogP contribution is 2.17. The van der Waals surface area contributed by atoms with Crippen LogP contribution in [0.2, 0.25) is 0 Å². The van der Waals surface area contributed by atoms with E-state index in [1.807, 2.05) is 0 Å². The molecule has 1 aliphatic heterocycles. The van der Waals surface area contributed by atoms with Crippen LogP contribution in [-0.4, -0.2) is 44.7 Å². The molecule has 9 nitrogen and oxygen atoms in total. The number of hydrogen-bond donors (Lipinski definition) is 2. The second kappa shape index (κ2) is 6.33. The lowest BCUT2D eigenvalue weighted by molar-refractivity contribution is 0.379. The average Bonchev–Trinajstić information content (AvgIpc) is 3.01. The molecule has 21 heavy (non-hydrogen) atoms. The summed E-state index contributed by atoms with van der Waals surface area (Å²) >= 11 is 0. The van der Waals surface area contributed by atoms with Crippen LogP contribution < -0.4 is 16.0 Å². The Morgan fingerprint density at radius 3 is 2.81 bits per heavy atom. The number of nitrogens with zero attached hydrogens (tertiary/aromatic N) is 6. The highest BCUT2D eigenvalue weighted by atomic mass is 16.5. The van der Waals surface area contributed by atoms with E-state index in [2.05, 4.69) is 35.3 Å². The first kappa shape index (κ1) is 13.5. The summed E-state index contributed by atoms with van der Waals surface area (Å²) in [5.74, 6) is 1.91. The minimum Gasteiger partial charge on any atom is -0.368 e. The number of hydrogen-bond acceptors (Lipinski definition) is 9. The van der Waals surface area contributed by atoms with Crippen LogP contribution in [0.25, 0.3) is 0 Å². The highest BCUT2D eigenvalue weighted by molar-refractivity contribution is 5.42. The molecule has 0 aliphatic carbocycles. The molecule has 0 aromatic carbocycles. The van der Waals surface area contributed by atoms with E-state index in [1.54, 1.807) is 0 Å². The van der Waals surface area contributed by atoms with E-state index in [0.29, 0.717) is 30.8 Å². The minimum atomic E-state index is 0.228. The zero-order valence-electron chi connectivity index (χ0n) is 11.7. The molecule has 9 heteroatoms. The van der Waals surface area contributed by atoms with Crippen LogP contribution in [0.4, 0.5) is 17.8 Å². The van der Waals surface area contributed by atoms with Crippen molar-refractivity contribution in [2.75, 3.05) is 35.6 Å². The Labute approximate surface area is 122 Å². The van der Waals surface area contributed by atoms with Crippen molar-refractivity contribution in [3.8, 4) is 0 Å². The summed E-state index contributed by atoms with van der Waals surface area (Å²) < 4.78 is 4.93. The van der Waals surface area contributed by atoms with Gasteiger partial charge in [0.25, 0.3) is 0 Å². The Hall–Kier alpha value is -2.45. The maximum atomic E-state index is 5.76. The van der Waals surface area contributed by atoms with E-state index in [0.717, 1.165) is 25.9 Å². The van der Waals surface area contributed by atoms with Crippen LogP contribution in [0.3, 0.4) is 0 Å². The second-order valence-corrected chi connectivity index (χ2v) is 4.88. The molecular weight excluding hydrogens is 272 g/mol. The molecule has 0 unspecified atom stereocenters. The van der Waals surface area contributed by atoms with Crippen molar-refractivity contribution in [1.29, 1.82) is 0 Å². The van der Waals surface area contributed by atoms with Gasteiger partial charge in [-0.25, -0.2) is 0 Å². The predicted molar refractivity (Wildman–Crippen MR) is 76.8 cm³/mol. The summed E-state index contributed by atoms with van der Waals surface area (Å²) in [5.41, 5.74) is 5.76. The maximum absolute atomic E-state index is 5.76. The fourth-order valence-electron chi connectivity index (χ4n) is 2.28. The molecule has 1 saturated heterocycles. The largest absolute Gasteiger partial charge is 0.368 e. The van der Waals surface area contributed by atoms with Gasteiger partial charge in [-0.05, 0) is 19.3 Å². The fraction of sp³-hybridized carbons (Fsp3) is 0.583. The van der Waals surface area contributed by atoms with Crippen molar-refractivity contribution in [2.24, 2.45) is 0 Å². The molecule has 3 N–H and O–H groups in total. The third kappa shape index (κ3) is 3.56. The molecule has 1 fully saturated rings. The SMILES string of the molecule is Nc1nc(NCCc2ncno2)nc(N2CCCCC2)n1. The minimum absolute atomic E-state index is 0.228. The molecule has 0 bridgehead atoms. The van der Waals surface area contributed by atoms with Crippen LogP contribution in [0.1, 0.15) is 25.2 Å². The topological polar surface area (TPSA) is 119 Å². The van der Waals surface area contributed by atoms with Gasteiger partial charge in [-0.1, -0.05) is 5.16 Å². The molecule has 2 aromatic heterocycles. The highest BCUT2D eigenvalue weighted by Gasteiger charge is 2.15. The van der Waals surface area contributed by atoms with Gasteiger partial charge < -0.3 is 20.5 Å². The van der Waals surface area contributed by atoms with Crippen LogP contribution in [-0.2, 0) is 6.42 Å². The lowest BCUT2D eigenvalue weighted by atomic mass is 10.1. The average molecular weight is 290 g/mol. The first-order chi connectivity index (χ1) is 10.3. The number of nitrogens with two attached hydrogens (primary N) is 1. The summed E-state index contributed by atoms with van der Waals surface area (Å²) in [5, 5.41) is 6.66. The second-order valence-electron chi connectivity index (χ2n) is 4.88. The molecular formula is C12H18N8O. The van der Waals surface area contributed by atoms with Gasteiger partial charge >= 0.3 is 0 Å². The van der Waals surface area contributed by atoms with E-state index in [9.17, 15) is 0 Å². The van der Waals surface area contributed by atoms with Gasteiger partial charge in [0.15, 0.2) is 6.33 Å².